The Morgan fingerprint density at radius 1 is 1.26 bits per heavy atom. The molecular weight excluding hydrogens is 423 g/mol. The fourth-order valence-electron chi connectivity index (χ4n) is 1.83. The predicted octanol–water partition coefficient (Wildman–Crippen LogP) is 4.83. The Hall–Kier alpha value is -2.81. The summed E-state index contributed by atoms with van der Waals surface area (Å²) in [6.45, 7) is 5.52. The summed E-state index contributed by atoms with van der Waals surface area (Å²) in [7, 11) is 0. The van der Waals surface area contributed by atoms with E-state index in [1.165, 1.54) is 12.1 Å². The van der Waals surface area contributed by atoms with Crippen molar-refractivity contribution in [3.8, 4) is 0 Å². The highest BCUT2D eigenvalue weighted by Gasteiger charge is 2.32. The van der Waals surface area contributed by atoms with Gasteiger partial charge in [0.05, 0.1) is 5.69 Å². The molecular formula is C18H15BrF3N5. The van der Waals surface area contributed by atoms with Gasteiger partial charge in [0.1, 0.15) is 16.0 Å². The molecule has 0 spiro atoms. The van der Waals surface area contributed by atoms with Gasteiger partial charge in [0.2, 0.25) is 0 Å². The van der Waals surface area contributed by atoms with Crippen molar-refractivity contribution in [1.29, 1.82) is 0 Å². The molecule has 0 unspecified atom stereocenters. The van der Waals surface area contributed by atoms with Crippen molar-refractivity contribution in [2.75, 3.05) is 0 Å². The highest BCUT2D eigenvalue weighted by Crippen LogP contribution is 2.27. The van der Waals surface area contributed by atoms with E-state index in [1.807, 2.05) is 0 Å². The number of halogens is 4. The van der Waals surface area contributed by atoms with Gasteiger partial charge >= 0.3 is 6.18 Å². The molecule has 9 heteroatoms. The molecule has 0 fully saturated rings. The van der Waals surface area contributed by atoms with Crippen molar-refractivity contribution >= 4 is 33.3 Å². The fraction of sp³-hybridized carbons (Fsp3) is 0.111. The number of rotatable bonds is 4. The van der Waals surface area contributed by atoms with Gasteiger partial charge in [0.15, 0.2) is 11.7 Å². The van der Waals surface area contributed by atoms with Crippen molar-refractivity contribution in [2.45, 2.75) is 13.1 Å². The Bertz CT molecular complexity index is 933. The van der Waals surface area contributed by atoms with E-state index in [9.17, 15) is 13.2 Å². The number of nitrogens with two attached hydrogens (primary N) is 1. The zero-order valence-electron chi connectivity index (χ0n) is 14.2. The Kier molecular flexibility index (Phi) is 6.62. The van der Waals surface area contributed by atoms with E-state index < -0.39 is 11.9 Å². The third kappa shape index (κ3) is 6.45. The second kappa shape index (κ2) is 8.72. The predicted molar refractivity (Wildman–Crippen MR) is 103 cm³/mol. The van der Waals surface area contributed by atoms with E-state index in [-0.39, 0.29) is 17.4 Å². The van der Waals surface area contributed by atoms with Crippen LogP contribution in [0, 0.1) is 0 Å². The van der Waals surface area contributed by atoms with Crippen LogP contribution in [0.1, 0.15) is 18.3 Å². The molecule has 2 heterocycles. The number of hydrogen-bond acceptors (Lipinski definition) is 3. The summed E-state index contributed by atoms with van der Waals surface area (Å²) in [6.07, 6.45) is 0.184. The number of allylic oxidation sites excluding steroid dienone is 2. The first-order chi connectivity index (χ1) is 12.6. The molecule has 0 saturated carbocycles. The lowest BCUT2D eigenvalue weighted by Gasteiger charge is -2.07. The lowest BCUT2D eigenvalue weighted by molar-refractivity contribution is -0.141. The van der Waals surface area contributed by atoms with Crippen LogP contribution in [0.2, 0.25) is 0 Å². The Labute approximate surface area is 162 Å². The van der Waals surface area contributed by atoms with E-state index in [2.05, 4.69) is 42.5 Å². The maximum Gasteiger partial charge on any atom is 0.433 e. The Morgan fingerprint density at radius 3 is 2.63 bits per heavy atom. The lowest BCUT2D eigenvalue weighted by atomic mass is 10.2. The summed E-state index contributed by atoms with van der Waals surface area (Å²) in [5.41, 5.74) is 5.99. The summed E-state index contributed by atoms with van der Waals surface area (Å²) >= 11 is 3.24. The molecule has 2 aromatic rings. The number of aromatic nitrogens is 2. The van der Waals surface area contributed by atoms with Gasteiger partial charge in [-0.25, -0.2) is 20.0 Å². The Morgan fingerprint density at radius 2 is 2.00 bits per heavy atom. The van der Waals surface area contributed by atoms with E-state index in [0.29, 0.717) is 10.3 Å². The SMILES string of the molecule is C=C(C)/C=C/C(=Nc1ccnc(Br)c1)N=C(N)c1cccc(C(F)(F)F)n1. The van der Waals surface area contributed by atoms with Gasteiger partial charge in [-0.2, -0.15) is 13.2 Å². The quantitative estimate of drug-likeness (QED) is 0.322. The normalized spacial score (nSPS) is 13.2. The molecule has 0 saturated heterocycles. The molecule has 0 bridgehead atoms. The van der Waals surface area contributed by atoms with Crippen molar-refractivity contribution < 1.29 is 13.2 Å². The number of pyridine rings is 2. The smallest absolute Gasteiger partial charge is 0.382 e. The zero-order valence-corrected chi connectivity index (χ0v) is 15.8. The largest absolute Gasteiger partial charge is 0.433 e. The van der Waals surface area contributed by atoms with Crippen LogP contribution in [0.4, 0.5) is 18.9 Å². The van der Waals surface area contributed by atoms with Crippen molar-refractivity contribution in [1.82, 2.24) is 9.97 Å². The van der Waals surface area contributed by atoms with Gasteiger partial charge in [0.25, 0.3) is 0 Å². The van der Waals surface area contributed by atoms with Gasteiger partial charge in [0, 0.05) is 6.20 Å². The second-order valence-corrected chi connectivity index (χ2v) is 6.20. The van der Waals surface area contributed by atoms with Crippen LogP contribution in [-0.2, 0) is 6.18 Å². The van der Waals surface area contributed by atoms with Gasteiger partial charge in [-0.3, -0.25) is 0 Å². The highest BCUT2D eigenvalue weighted by molar-refractivity contribution is 9.10. The average molecular weight is 438 g/mol. The molecule has 5 nitrogen and oxygen atoms in total. The fourth-order valence-corrected chi connectivity index (χ4v) is 2.18. The van der Waals surface area contributed by atoms with Gasteiger partial charge in [-0.1, -0.05) is 24.3 Å². The van der Waals surface area contributed by atoms with Crippen LogP contribution in [0.15, 0.2) is 75.4 Å². The molecule has 2 N–H and O–H groups in total. The van der Waals surface area contributed by atoms with Crippen LogP contribution < -0.4 is 5.73 Å². The summed E-state index contributed by atoms with van der Waals surface area (Å²) in [6, 6.07) is 6.73. The highest BCUT2D eigenvalue weighted by atomic mass is 79.9. The Balaban J connectivity index is 2.45. The minimum Gasteiger partial charge on any atom is -0.382 e. The summed E-state index contributed by atoms with van der Waals surface area (Å²) in [5, 5.41) is 0. The molecule has 0 aromatic carbocycles. The average Bonchev–Trinajstić information content (AvgIpc) is 2.59. The van der Waals surface area contributed by atoms with Gasteiger partial charge < -0.3 is 5.73 Å². The van der Waals surface area contributed by atoms with Crippen molar-refractivity contribution in [3.63, 3.8) is 0 Å². The van der Waals surface area contributed by atoms with Crippen molar-refractivity contribution in [3.05, 3.63) is 76.8 Å². The first-order valence-corrected chi connectivity index (χ1v) is 8.37. The molecule has 0 aliphatic rings. The summed E-state index contributed by atoms with van der Waals surface area (Å²) < 4.78 is 39.1. The molecule has 0 radical (unpaired) electrons. The van der Waals surface area contributed by atoms with Gasteiger partial charge in [-0.15, -0.1) is 0 Å². The summed E-state index contributed by atoms with van der Waals surface area (Å²) in [4.78, 5) is 16.0. The number of alkyl halides is 3. The van der Waals surface area contributed by atoms with Crippen LogP contribution >= 0.6 is 15.9 Å². The topological polar surface area (TPSA) is 76.5 Å². The second-order valence-electron chi connectivity index (χ2n) is 5.39. The third-order valence-electron chi connectivity index (χ3n) is 3.01. The maximum absolute atomic E-state index is 12.8. The first kappa shape index (κ1) is 20.5. The number of aliphatic imine (C=N–C) groups is 2. The van der Waals surface area contributed by atoms with Crippen LogP contribution in [0.5, 0.6) is 0 Å². The molecule has 0 aliphatic heterocycles. The minimum atomic E-state index is -4.57. The molecule has 0 aliphatic carbocycles. The van der Waals surface area contributed by atoms with E-state index in [4.69, 9.17) is 5.73 Å². The van der Waals surface area contributed by atoms with E-state index in [0.717, 1.165) is 11.6 Å². The molecule has 140 valence electrons. The van der Waals surface area contributed by atoms with Crippen LogP contribution in [0.3, 0.4) is 0 Å². The van der Waals surface area contributed by atoms with Crippen molar-refractivity contribution in [2.24, 2.45) is 15.7 Å². The number of hydrogen-bond donors (Lipinski definition) is 1. The molecule has 2 rings (SSSR count). The number of amidine groups is 2. The van der Waals surface area contributed by atoms with E-state index in [1.54, 1.807) is 37.4 Å². The zero-order chi connectivity index (χ0) is 20.0. The standard InChI is InChI=1S/C18H15BrF3N5/c1-11(2)6-7-16(25-12-8-9-24-15(19)10-12)27-17(23)13-4-3-5-14(26-13)18(20,21)22/h3-10H,1H2,2H3,(H2,23,24,25,27)/b7-6+. The molecule has 27 heavy (non-hydrogen) atoms. The van der Waals surface area contributed by atoms with E-state index >= 15 is 0 Å². The molecule has 0 atom stereocenters. The van der Waals surface area contributed by atoms with Crippen LogP contribution in [0.25, 0.3) is 0 Å². The van der Waals surface area contributed by atoms with Crippen LogP contribution in [-0.4, -0.2) is 21.6 Å². The number of nitrogens with zero attached hydrogens (tertiary/aromatic N) is 4. The molecule has 2 aromatic heterocycles. The minimum absolute atomic E-state index is 0.0999. The monoisotopic (exact) mass is 437 g/mol. The third-order valence-corrected chi connectivity index (χ3v) is 3.44. The molecule has 0 amide bonds. The maximum atomic E-state index is 12.8. The van der Waals surface area contributed by atoms with Gasteiger partial charge in [-0.05, 0) is 53.2 Å². The summed E-state index contributed by atoms with van der Waals surface area (Å²) in [5.74, 6) is -0.0212. The first-order valence-electron chi connectivity index (χ1n) is 7.58. The lowest BCUT2D eigenvalue weighted by Crippen LogP contribution is -2.19.